The molecule has 2 rings (SSSR count). The van der Waals surface area contributed by atoms with Crippen LogP contribution < -0.4 is 0 Å². The highest BCUT2D eigenvalue weighted by molar-refractivity contribution is 7.99. The summed E-state index contributed by atoms with van der Waals surface area (Å²) in [5.41, 5.74) is 0.830. The summed E-state index contributed by atoms with van der Waals surface area (Å²) < 4.78 is 0. The molecule has 0 bridgehead atoms. The zero-order chi connectivity index (χ0) is 11.4. The third kappa shape index (κ3) is 3.11. The first-order chi connectivity index (χ1) is 7.75. The van der Waals surface area contributed by atoms with Crippen LogP contribution in [0, 0.1) is 5.92 Å². The van der Waals surface area contributed by atoms with Gasteiger partial charge in [-0.3, -0.25) is 4.79 Å². The molecule has 1 aliphatic carbocycles. The predicted octanol–water partition coefficient (Wildman–Crippen LogP) is 4.17. The Morgan fingerprint density at radius 3 is 2.81 bits per heavy atom. The highest BCUT2D eigenvalue weighted by atomic mass is 32.2. The first-order valence-corrected chi connectivity index (χ1v) is 6.98. The summed E-state index contributed by atoms with van der Waals surface area (Å²) in [7, 11) is 0. The van der Waals surface area contributed by atoms with Gasteiger partial charge in [-0.05, 0) is 37.8 Å². The van der Waals surface area contributed by atoms with E-state index in [1.807, 2.05) is 30.0 Å². The molecule has 1 aromatic rings. The molecule has 0 unspecified atom stereocenters. The molecule has 16 heavy (non-hydrogen) atoms. The molecule has 2 heteroatoms. The van der Waals surface area contributed by atoms with E-state index >= 15 is 0 Å². The number of rotatable bonds is 4. The van der Waals surface area contributed by atoms with E-state index in [0.717, 1.165) is 11.5 Å². The molecule has 0 saturated heterocycles. The molecule has 86 valence electrons. The zero-order valence-electron chi connectivity index (χ0n) is 9.74. The minimum atomic E-state index is 0.156. The lowest BCUT2D eigenvalue weighted by molar-refractivity contribution is 0.101. The van der Waals surface area contributed by atoms with Crippen LogP contribution in [-0.4, -0.2) is 11.5 Å². The summed E-state index contributed by atoms with van der Waals surface area (Å²) in [5.74, 6) is 2.26. The second-order valence-corrected chi connectivity index (χ2v) is 5.64. The Hall–Kier alpha value is -0.760. The van der Waals surface area contributed by atoms with Gasteiger partial charge in [0.1, 0.15) is 0 Å². The molecule has 1 nitrogen and oxygen atoms in total. The van der Waals surface area contributed by atoms with E-state index < -0.39 is 0 Å². The van der Waals surface area contributed by atoms with Crippen molar-refractivity contribution >= 4 is 17.5 Å². The van der Waals surface area contributed by atoms with E-state index in [2.05, 4.69) is 6.07 Å². The number of Topliss-reactive ketones (excluding diaryl/α,β-unsaturated/α-hetero) is 1. The summed E-state index contributed by atoms with van der Waals surface area (Å²) >= 11 is 1.90. The fourth-order valence-electron chi connectivity index (χ4n) is 2.20. The van der Waals surface area contributed by atoms with Gasteiger partial charge in [0.15, 0.2) is 5.78 Å². The van der Waals surface area contributed by atoms with Crippen molar-refractivity contribution in [3.63, 3.8) is 0 Å². The fourth-order valence-corrected chi connectivity index (χ4v) is 3.34. The molecular formula is C14H18OS. The lowest BCUT2D eigenvalue weighted by Gasteiger charge is -2.08. The van der Waals surface area contributed by atoms with Crippen LogP contribution in [0.15, 0.2) is 29.2 Å². The Kier molecular flexibility index (Phi) is 4.05. The first-order valence-electron chi connectivity index (χ1n) is 5.99. The lowest BCUT2D eigenvalue weighted by Crippen LogP contribution is -1.97. The van der Waals surface area contributed by atoms with Crippen molar-refractivity contribution < 1.29 is 4.79 Å². The summed E-state index contributed by atoms with van der Waals surface area (Å²) in [5, 5.41) is 0. The van der Waals surface area contributed by atoms with Gasteiger partial charge in [0.05, 0.1) is 0 Å². The van der Waals surface area contributed by atoms with Gasteiger partial charge in [0.25, 0.3) is 0 Å². The molecule has 1 aliphatic rings. The molecule has 0 spiro atoms. The number of hydrogen-bond donors (Lipinski definition) is 0. The van der Waals surface area contributed by atoms with Crippen molar-refractivity contribution in [3.8, 4) is 0 Å². The van der Waals surface area contributed by atoms with Crippen LogP contribution in [0.3, 0.4) is 0 Å². The molecule has 0 aliphatic heterocycles. The van der Waals surface area contributed by atoms with Crippen molar-refractivity contribution in [2.75, 3.05) is 5.75 Å². The van der Waals surface area contributed by atoms with Crippen LogP contribution in [0.25, 0.3) is 0 Å². The molecule has 0 heterocycles. The fraction of sp³-hybridized carbons (Fsp3) is 0.500. The summed E-state index contributed by atoms with van der Waals surface area (Å²) in [6.45, 7) is 1.63. The third-order valence-electron chi connectivity index (χ3n) is 3.20. The average molecular weight is 234 g/mol. The molecule has 0 N–H and O–H groups in total. The SMILES string of the molecule is CC(=O)c1cccc(SCC2CCCC2)c1. The second kappa shape index (κ2) is 5.53. The van der Waals surface area contributed by atoms with E-state index in [0.29, 0.717) is 0 Å². The van der Waals surface area contributed by atoms with Gasteiger partial charge in [-0.15, -0.1) is 11.8 Å². The molecule has 1 saturated carbocycles. The number of benzene rings is 1. The van der Waals surface area contributed by atoms with E-state index in [4.69, 9.17) is 0 Å². The monoisotopic (exact) mass is 234 g/mol. The molecule has 0 radical (unpaired) electrons. The van der Waals surface area contributed by atoms with Crippen molar-refractivity contribution in [2.45, 2.75) is 37.5 Å². The van der Waals surface area contributed by atoms with Crippen LogP contribution in [0.5, 0.6) is 0 Å². The van der Waals surface area contributed by atoms with E-state index in [9.17, 15) is 4.79 Å². The molecule has 1 fully saturated rings. The smallest absolute Gasteiger partial charge is 0.159 e. The van der Waals surface area contributed by atoms with E-state index in [1.165, 1.54) is 36.3 Å². The predicted molar refractivity (Wildman–Crippen MR) is 69.1 cm³/mol. The zero-order valence-corrected chi connectivity index (χ0v) is 10.6. The Balaban J connectivity index is 1.93. The van der Waals surface area contributed by atoms with Crippen molar-refractivity contribution in [1.29, 1.82) is 0 Å². The number of hydrogen-bond acceptors (Lipinski definition) is 2. The maximum Gasteiger partial charge on any atom is 0.159 e. The molecular weight excluding hydrogens is 216 g/mol. The first kappa shape index (κ1) is 11.7. The van der Waals surface area contributed by atoms with E-state index in [-0.39, 0.29) is 5.78 Å². The van der Waals surface area contributed by atoms with Gasteiger partial charge in [-0.2, -0.15) is 0 Å². The summed E-state index contributed by atoms with van der Waals surface area (Å²) in [6.07, 6.45) is 5.58. The Morgan fingerprint density at radius 1 is 1.38 bits per heavy atom. The summed E-state index contributed by atoms with van der Waals surface area (Å²) in [4.78, 5) is 12.5. The van der Waals surface area contributed by atoms with Gasteiger partial charge >= 0.3 is 0 Å². The van der Waals surface area contributed by atoms with Gasteiger partial charge in [0, 0.05) is 16.2 Å². The van der Waals surface area contributed by atoms with Crippen LogP contribution in [0.2, 0.25) is 0 Å². The van der Waals surface area contributed by atoms with Crippen LogP contribution in [0.4, 0.5) is 0 Å². The summed E-state index contributed by atoms with van der Waals surface area (Å²) in [6, 6.07) is 7.99. The molecule has 0 aromatic heterocycles. The normalized spacial score (nSPS) is 16.6. The quantitative estimate of drug-likeness (QED) is 0.574. The number of carbonyl (C=O) groups excluding carboxylic acids is 1. The molecule has 0 amide bonds. The van der Waals surface area contributed by atoms with Crippen LogP contribution in [0.1, 0.15) is 43.0 Å². The largest absolute Gasteiger partial charge is 0.295 e. The molecule has 0 atom stereocenters. The average Bonchev–Trinajstić information content (AvgIpc) is 2.79. The highest BCUT2D eigenvalue weighted by Crippen LogP contribution is 2.31. The minimum Gasteiger partial charge on any atom is -0.295 e. The van der Waals surface area contributed by atoms with Gasteiger partial charge in [-0.1, -0.05) is 25.0 Å². The van der Waals surface area contributed by atoms with Crippen LogP contribution in [-0.2, 0) is 0 Å². The topological polar surface area (TPSA) is 17.1 Å². The number of ketones is 1. The van der Waals surface area contributed by atoms with Crippen LogP contribution >= 0.6 is 11.8 Å². The Labute approximate surface area is 102 Å². The van der Waals surface area contributed by atoms with Gasteiger partial charge in [-0.25, -0.2) is 0 Å². The Morgan fingerprint density at radius 2 is 2.12 bits per heavy atom. The maximum atomic E-state index is 11.2. The lowest BCUT2D eigenvalue weighted by atomic mass is 10.1. The Bertz CT molecular complexity index is 367. The third-order valence-corrected chi connectivity index (χ3v) is 4.43. The maximum absolute atomic E-state index is 11.2. The number of carbonyl (C=O) groups is 1. The van der Waals surface area contributed by atoms with E-state index in [1.54, 1.807) is 6.92 Å². The second-order valence-electron chi connectivity index (χ2n) is 4.55. The standard InChI is InChI=1S/C14H18OS/c1-11(15)13-7-4-8-14(9-13)16-10-12-5-2-3-6-12/h4,7-9,12H,2-3,5-6,10H2,1H3. The number of thioether (sulfide) groups is 1. The van der Waals surface area contributed by atoms with Gasteiger partial charge < -0.3 is 0 Å². The van der Waals surface area contributed by atoms with Crippen molar-refractivity contribution in [3.05, 3.63) is 29.8 Å². The minimum absolute atomic E-state index is 0.156. The molecule has 1 aromatic carbocycles. The van der Waals surface area contributed by atoms with Crippen molar-refractivity contribution in [1.82, 2.24) is 0 Å². The highest BCUT2D eigenvalue weighted by Gasteiger charge is 2.15. The van der Waals surface area contributed by atoms with Gasteiger partial charge in [0.2, 0.25) is 0 Å². The van der Waals surface area contributed by atoms with Crippen molar-refractivity contribution in [2.24, 2.45) is 5.92 Å².